The minimum atomic E-state index is -4.44. The molecule has 0 fully saturated rings. The molecule has 0 aliphatic carbocycles. The zero-order valence-electron chi connectivity index (χ0n) is 14.0. The van der Waals surface area contributed by atoms with Crippen LogP contribution >= 0.6 is 15.9 Å². The summed E-state index contributed by atoms with van der Waals surface area (Å²) in [4.78, 5) is 3.17. The molecule has 1 heterocycles. The standard InChI is InChI=1S/C19H15BrF2N2O2S/c20-15-9-7-14(8-10-15)12-24(13-16-4-1-2-11-23-16)27(25,26)19-17(21)5-3-6-18(19)22/h1-11H,12-13H2. The van der Waals surface area contributed by atoms with E-state index in [9.17, 15) is 17.2 Å². The summed E-state index contributed by atoms with van der Waals surface area (Å²) >= 11 is 3.32. The van der Waals surface area contributed by atoms with Gasteiger partial charge in [-0.2, -0.15) is 4.31 Å². The third-order valence-electron chi connectivity index (χ3n) is 3.85. The molecule has 0 spiro atoms. The fraction of sp³-hybridized carbons (Fsp3) is 0.105. The summed E-state index contributed by atoms with van der Waals surface area (Å²) in [5.74, 6) is -2.26. The molecule has 0 unspecified atom stereocenters. The highest BCUT2D eigenvalue weighted by atomic mass is 79.9. The molecule has 0 saturated heterocycles. The van der Waals surface area contributed by atoms with E-state index in [0.717, 1.165) is 27.0 Å². The smallest absolute Gasteiger partial charge is 0.249 e. The predicted molar refractivity (Wildman–Crippen MR) is 101 cm³/mol. The van der Waals surface area contributed by atoms with E-state index in [-0.39, 0.29) is 13.1 Å². The van der Waals surface area contributed by atoms with E-state index in [2.05, 4.69) is 20.9 Å². The summed E-state index contributed by atoms with van der Waals surface area (Å²) in [5.41, 5.74) is 1.14. The fourth-order valence-electron chi connectivity index (χ4n) is 2.55. The summed E-state index contributed by atoms with van der Waals surface area (Å²) < 4.78 is 56.3. The number of hydrogen-bond acceptors (Lipinski definition) is 3. The number of pyridine rings is 1. The Kier molecular flexibility index (Phi) is 5.98. The van der Waals surface area contributed by atoms with Gasteiger partial charge < -0.3 is 0 Å². The zero-order valence-corrected chi connectivity index (χ0v) is 16.4. The first-order valence-corrected chi connectivity index (χ1v) is 10.2. The van der Waals surface area contributed by atoms with Crippen molar-refractivity contribution in [1.82, 2.24) is 9.29 Å². The largest absolute Gasteiger partial charge is 0.260 e. The molecule has 0 amide bonds. The van der Waals surface area contributed by atoms with Crippen LogP contribution in [0, 0.1) is 11.6 Å². The molecule has 140 valence electrons. The Bertz CT molecular complexity index is 1010. The molecule has 0 aliphatic heterocycles. The first kappa shape index (κ1) is 19.6. The SMILES string of the molecule is O=S(=O)(c1c(F)cccc1F)N(Cc1ccc(Br)cc1)Cc1ccccn1. The minimum Gasteiger partial charge on any atom is -0.260 e. The van der Waals surface area contributed by atoms with E-state index in [0.29, 0.717) is 11.3 Å². The fourth-order valence-corrected chi connectivity index (χ4v) is 4.32. The molecular weight excluding hydrogens is 438 g/mol. The maximum Gasteiger partial charge on any atom is 0.249 e. The van der Waals surface area contributed by atoms with E-state index in [1.807, 2.05) is 0 Å². The number of nitrogens with zero attached hydrogens (tertiary/aromatic N) is 2. The van der Waals surface area contributed by atoms with Gasteiger partial charge in [0, 0.05) is 17.2 Å². The van der Waals surface area contributed by atoms with Gasteiger partial charge in [-0.25, -0.2) is 17.2 Å². The lowest BCUT2D eigenvalue weighted by molar-refractivity contribution is 0.388. The van der Waals surface area contributed by atoms with Crippen molar-refractivity contribution in [2.24, 2.45) is 0 Å². The van der Waals surface area contributed by atoms with Gasteiger partial charge >= 0.3 is 0 Å². The molecule has 0 saturated carbocycles. The van der Waals surface area contributed by atoms with Gasteiger partial charge in [0.1, 0.15) is 11.6 Å². The van der Waals surface area contributed by atoms with Gasteiger partial charge in [-0.15, -0.1) is 0 Å². The Hall–Kier alpha value is -2.16. The molecule has 8 heteroatoms. The van der Waals surface area contributed by atoms with Crippen LogP contribution in [0.4, 0.5) is 8.78 Å². The molecule has 0 aliphatic rings. The summed E-state index contributed by atoms with van der Waals surface area (Å²) in [5, 5.41) is 0. The first-order chi connectivity index (χ1) is 12.9. The van der Waals surface area contributed by atoms with Crippen LogP contribution in [0.1, 0.15) is 11.3 Å². The lowest BCUT2D eigenvalue weighted by Crippen LogP contribution is -2.32. The van der Waals surface area contributed by atoms with Crippen molar-refractivity contribution in [3.63, 3.8) is 0 Å². The Morgan fingerprint density at radius 2 is 1.56 bits per heavy atom. The monoisotopic (exact) mass is 452 g/mol. The highest BCUT2D eigenvalue weighted by molar-refractivity contribution is 9.10. The van der Waals surface area contributed by atoms with Gasteiger partial charge in [-0.3, -0.25) is 4.98 Å². The summed E-state index contributed by atoms with van der Waals surface area (Å²) in [7, 11) is -4.44. The number of halogens is 3. The van der Waals surface area contributed by atoms with Gasteiger partial charge in [0.2, 0.25) is 10.0 Å². The quantitative estimate of drug-likeness (QED) is 0.552. The highest BCUT2D eigenvalue weighted by Crippen LogP contribution is 2.25. The number of rotatable bonds is 6. The van der Waals surface area contributed by atoms with Crippen molar-refractivity contribution < 1.29 is 17.2 Å². The van der Waals surface area contributed by atoms with Gasteiger partial charge in [0.05, 0.1) is 12.2 Å². The maximum absolute atomic E-state index is 14.2. The van der Waals surface area contributed by atoms with Crippen molar-refractivity contribution in [3.05, 3.63) is 94.2 Å². The van der Waals surface area contributed by atoms with E-state index in [4.69, 9.17) is 0 Å². The third-order valence-corrected chi connectivity index (χ3v) is 6.23. The van der Waals surface area contributed by atoms with Crippen LogP contribution in [0.2, 0.25) is 0 Å². The first-order valence-electron chi connectivity index (χ1n) is 7.96. The van der Waals surface area contributed by atoms with Crippen LogP contribution in [-0.2, 0) is 23.1 Å². The molecule has 3 rings (SSSR count). The van der Waals surface area contributed by atoms with Crippen molar-refractivity contribution in [1.29, 1.82) is 0 Å². The Morgan fingerprint density at radius 3 is 2.15 bits per heavy atom. The Labute approximate surface area is 164 Å². The maximum atomic E-state index is 14.2. The van der Waals surface area contributed by atoms with Gasteiger partial charge in [-0.05, 0) is 42.0 Å². The van der Waals surface area contributed by atoms with Crippen molar-refractivity contribution in [3.8, 4) is 0 Å². The molecular formula is C19H15BrF2N2O2S. The van der Waals surface area contributed by atoms with Gasteiger partial charge in [0.15, 0.2) is 4.90 Å². The predicted octanol–water partition coefficient (Wildman–Crippen LogP) is 4.51. The van der Waals surface area contributed by atoms with Crippen LogP contribution in [0.25, 0.3) is 0 Å². The average molecular weight is 453 g/mol. The molecule has 27 heavy (non-hydrogen) atoms. The molecule has 1 aromatic heterocycles. The second-order valence-corrected chi connectivity index (χ2v) is 8.56. The van der Waals surface area contributed by atoms with Crippen LogP contribution < -0.4 is 0 Å². The topological polar surface area (TPSA) is 50.3 Å². The van der Waals surface area contributed by atoms with E-state index < -0.39 is 26.6 Å². The third kappa shape index (κ3) is 4.58. The lowest BCUT2D eigenvalue weighted by atomic mass is 10.2. The van der Waals surface area contributed by atoms with Crippen LogP contribution in [-0.4, -0.2) is 17.7 Å². The highest BCUT2D eigenvalue weighted by Gasteiger charge is 2.31. The van der Waals surface area contributed by atoms with Crippen molar-refractivity contribution in [2.75, 3.05) is 0 Å². The van der Waals surface area contributed by atoms with Crippen molar-refractivity contribution >= 4 is 26.0 Å². The molecule has 4 nitrogen and oxygen atoms in total. The van der Waals surface area contributed by atoms with Crippen LogP contribution in [0.5, 0.6) is 0 Å². The number of hydrogen-bond donors (Lipinski definition) is 0. The van der Waals surface area contributed by atoms with Crippen molar-refractivity contribution in [2.45, 2.75) is 18.0 Å². The van der Waals surface area contributed by atoms with Gasteiger partial charge in [-0.1, -0.05) is 40.2 Å². The zero-order chi connectivity index (χ0) is 19.4. The lowest BCUT2D eigenvalue weighted by Gasteiger charge is -2.22. The average Bonchev–Trinajstić information content (AvgIpc) is 2.63. The normalized spacial score (nSPS) is 11.7. The van der Waals surface area contributed by atoms with E-state index in [1.54, 1.807) is 42.5 Å². The van der Waals surface area contributed by atoms with Crippen LogP contribution in [0.15, 0.2) is 76.2 Å². The number of sulfonamides is 1. The van der Waals surface area contributed by atoms with Crippen LogP contribution in [0.3, 0.4) is 0 Å². The van der Waals surface area contributed by atoms with E-state index in [1.165, 1.54) is 6.20 Å². The van der Waals surface area contributed by atoms with Gasteiger partial charge in [0.25, 0.3) is 0 Å². The summed E-state index contributed by atoms with van der Waals surface area (Å²) in [6.45, 7) is -0.174. The molecule has 0 bridgehead atoms. The molecule has 3 aromatic rings. The summed E-state index contributed by atoms with van der Waals surface area (Å²) in [6, 6.07) is 15.1. The summed E-state index contributed by atoms with van der Waals surface area (Å²) in [6.07, 6.45) is 1.53. The second-order valence-electron chi connectivity index (χ2n) is 5.77. The number of benzene rings is 2. The minimum absolute atomic E-state index is 0.0556. The van der Waals surface area contributed by atoms with E-state index >= 15 is 0 Å². The second kappa shape index (κ2) is 8.24. The Morgan fingerprint density at radius 1 is 0.889 bits per heavy atom. The molecule has 0 atom stereocenters. The number of aromatic nitrogens is 1. The molecule has 2 aromatic carbocycles. The molecule has 0 radical (unpaired) electrons. The molecule has 0 N–H and O–H groups in total. The Balaban J connectivity index is 2.03.